The van der Waals surface area contributed by atoms with Crippen LogP contribution in [-0.2, 0) is 23.9 Å². The maximum absolute atomic E-state index is 12.6. The van der Waals surface area contributed by atoms with Crippen molar-refractivity contribution in [3.05, 3.63) is 24.3 Å². The number of hydrogen-bond donors (Lipinski definition) is 1. The van der Waals surface area contributed by atoms with Gasteiger partial charge in [0.1, 0.15) is 6.04 Å². The summed E-state index contributed by atoms with van der Waals surface area (Å²) >= 11 is 1.49. The first-order valence-electron chi connectivity index (χ1n) is 9.40. The number of imide groups is 1. The number of nitrogens with one attached hydrogen (secondary N) is 1. The Kier molecular flexibility index (Phi) is 6.39. The van der Waals surface area contributed by atoms with E-state index in [9.17, 15) is 19.2 Å². The standard InChI is InChI=1S/C20H24N2O5S/c1-12(22-18(24)13-7-3-4-8-14(13)19(22)25)20(26)27-11-17(23)21-15-9-5-6-10-16(15)28-2/h5-6,9-10,12-14H,3-4,7-8,11H2,1-2H3,(H,21,23)/t12-,13+,14+/m0/s1. The maximum Gasteiger partial charge on any atom is 0.329 e. The Morgan fingerprint density at radius 1 is 1.18 bits per heavy atom. The molecule has 2 fully saturated rings. The third-order valence-electron chi connectivity index (χ3n) is 5.33. The topological polar surface area (TPSA) is 92.8 Å². The number of carbonyl (C=O) groups excluding carboxylic acids is 4. The summed E-state index contributed by atoms with van der Waals surface area (Å²) in [6.45, 7) is 0.991. The zero-order valence-corrected chi connectivity index (χ0v) is 16.8. The number of amides is 3. The number of fused-ring (bicyclic) bond motifs is 1. The minimum Gasteiger partial charge on any atom is -0.454 e. The van der Waals surface area contributed by atoms with Gasteiger partial charge in [0, 0.05) is 4.90 Å². The molecule has 0 unspecified atom stereocenters. The van der Waals surface area contributed by atoms with E-state index in [2.05, 4.69) is 5.32 Å². The molecule has 28 heavy (non-hydrogen) atoms. The lowest BCUT2D eigenvalue weighted by atomic mass is 9.81. The van der Waals surface area contributed by atoms with Crippen LogP contribution in [0.3, 0.4) is 0 Å². The third kappa shape index (κ3) is 4.06. The maximum atomic E-state index is 12.6. The second kappa shape index (κ2) is 8.77. The molecular formula is C20H24N2O5S. The van der Waals surface area contributed by atoms with Gasteiger partial charge in [0.15, 0.2) is 6.61 Å². The molecule has 1 heterocycles. The van der Waals surface area contributed by atoms with Crippen LogP contribution in [0.1, 0.15) is 32.6 Å². The Hall–Kier alpha value is -2.35. The van der Waals surface area contributed by atoms with Crippen LogP contribution in [0.25, 0.3) is 0 Å². The second-order valence-corrected chi connectivity index (χ2v) is 7.92. The van der Waals surface area contributed by atoms with E-state index in [1.165, 1.54) is 18.7 Å². The summed E-state index contributed by atoms with van der Waals surface area (Å²) in [6.07, 6.45) is 5.11. The molecule has 1 N–H and O–H groups in total. The number of rotatable bonds is 6. The Bertz CT molecular complexity index is 773. The Balaban J connectivity index is 1.56. The fraction of sp³-hybridized carbons (Fsp3) is 0.500. The van der Waals surface area contributed by atoms with Crippen molar-refractivity contribution in [2.75, 3.05) is 18.2 Å². The summed E-state index contributed by atoms with van der Waals surface area (Å²) in [6, 6.07) is 6.27. The van der Waals surface area contributed by atoms with E-state index in [4.69, 9.17) is 4.74 Å². The highest BCUT2D eigenvalue weighted by Gasteiger charge is 2.51. The minimum atomic E-state index is -1.03. The number of hydrogen-bond acceptors (Lipinski definition) is 6. The van der Waals surface area contributed by atoms with Crippen LogP contribution >= 0.6 is 11.8 Å². The highest BCUT2D eigenvalue weighted by molar-refractivity contribution is 7.98. The molecule has 1 aliphatic carbocycles. The number of thioether (sulfide) groups is 1. The van der Waals surface area contributed by atoms with Gasteiger partial charge >= 0.3 is 5.97 Å². The van der Waals surface area contributed by atoms with Crippen molar-refractivity contribution in [3.8, 4) is 0 Å². The summed E-state index contributed by atoms with van der Waals surface area (Å²) in [5, 5.41) is 2.70. The van der Waals surface area contributed by atoms with Crippen LogP contribution in [-0.4, -0.2) is 47.5 Å². The van der Waals surface area contributed by atoms with E-state index in [0.717, 1.165) is 22.6 Å². The SMILES string of the molecule is CSc1ccccc1NC(=O)COC(=O)[C@H](C)N1C(=O)[C@@H]2CCCC[C@H]2C1=O. The normalized spacial score (nSPS) is 22.6. The second-order valence-electron chi connectivity index (χ2n) is 7.08. The smallest absolute Gasteiger partial charge is 0.329 e. The highest BCUT2D eigenvalue weighted by Crippen LogP contribution is 2.38. The first-order chi connectivity index (χ1) is 13.4. The molecule has 3 rings (SSSR count). The van der Waals surface area contributed by atoms with Crippen molar-refractivity contribution in [1.82, 2.24) is 4.90 Å². The van der Waals surface area contributed by atoms with Gasteiger partial charge in [0.2, 0.25) is 11.8 Å². The molecule has 0 bridgehead atoms. The zero-order valence-electron chi connectivity index (χ0n) is 16.0. The number of nitrogens with zero attached hydrogens (tertiary/aromatic N) is 1. The first-order valence-corrected chi connectivity index (χ1v) is 10.6. The van der Waals surface area contributed by atoms with E-state index in [0.29, 0.717) is 18.5 Å². The van der Waals surface area contributed by atoms with E-state index in [1.807, 2.05) is 18.4 Å². The molecule has 8 heteroatoms. The lowest BCUT2D eigenvalue weighted by Gasteiger charge is -2.21. The van der Waals surface area contributed by atoms with Crippen LogP contribution < -0.4 is 5.32 Å². The monoisotopic (exact) mass is 404 g/mol. The largest absolute Gasteiger partial charge is 0.454 e. The molecule has 1 saturated carbocycles. The van der Waals surface area contributed by atoms with E-state index in [-0.39, 0.29) is 23.7 Å². The molecule has 2 aliphatic rings. The van der Waals surface area contributed by atoms with Gasteiger partial charge in [-0.05, 0) is 38.2 Å². The fourth-order valence-corrected chi connectivity index (χ4v) is 4.42. The van der Waals surface area contributed by atoms with Crippen LogP contribution in [0.4, 0.5) is 5.69 Å². The van der Waals surface area contributed by atoms with Gasteiger partial charge in [-0.15, -0.1) is 11.8 Å². The Morgan fingerprint density at radius 3 is 2.39 bits per heavy atom. The zero-order chi connectivity index (χ0) is 20.3. The van der Waals surface area contributed by atoms with Gasteiger partial charge in [-0.2, -0.15) is 0 Å². The van der Waals surface area contributed by atoms with Crippen molar-refractivity contribution >= 4 is 41.1 Å². The quantitative estimate of drug-likeness (QED) is 0.445. The lowest BCUT2D eigenvalue weighted by Crippen LogP contribution is -2.45. The van der Waals surface area contributed by atoms with Gasteiger partial charge in [0.25, 0.3) is 5.91 Å². The van der Waals surface area contributed by atoms with Crippen molar-refractivity contribution < 1.29 is 23.9 Å². The summed E-state index contributed by atoms with van der Waals surface area (Å²) in [5.41, 5.74) is 0.637. The molecule has 0 radical (unpaired) electrons. The van der Waals surface area contributed by atoms with Gasteiger partial charge < -0.3 is 10.1 Å². The van der Waals surface area contributed by atoms with E-state index >= 15 is 0 Å². The van der Waals surface area contributed by atoms with Crippen molar-refractivity contribution in [2.24, 2.45) is 11.8 Å². The molecule has 1 aromatic carbocycles. The lowest BCUT2D eigenvalue weighted by molar-refractivity contribution is -0.159. The number of carbonyl (C=O) groups is 4. The summed E-state index contributed by atoms with van der Waals surface area (Å²) in [5.74, 6) is -2.45. The molecule has 1 saturated heterocycles. The minimum absolute atomic E-state index is 0.294. The molecule has 1 aliphatic heterocycles. The van der Waals surface area contributed by atoms with Gasteiger partial charge in [-0.1, -0.05) is 25.0 Å². The van der Waals surface area contributed by atoms with Crippen LogP contribution in [0, 0.1) is 11.8 Å². The van der Waals surface area contributed by atoms with Crippen LogP contribution in [0.15, 0.2) is 29.2 Å². The molecule has 150 valence electrons. The number of anilines is 1. The van der Waals surface area contributed by atoms with Crippen molar-refractivity contribution in [1.29, 1.82) is 0 Å². The van der Waals surface area contributed by atoms with Gasteiger partial charge in [0.05, 0.1) is 17.5 Å². The summed E-state index contributed by atoms with van der Waals surface area (Å²) in [4.78, 5) is 51.5. The average molecular weight is 404 g/mol. The highest BCUT2D eigenvalue weighted by atomic mass is 32.2. The van der Waals surface area contributed by atoms with E-state index < -0.39 is 24.5 Å². The number of para-hydroxylation sites is 1. The molecule has 7 nitrogen and oxygen atoms in total. The van der Waals surface area contributed by atoms with Crippen molar-refractivity contribution in [2.45, 2.75) is 43.5 Å². The molecule has 0 aromatic heterocycles. The number of esters is 1. The molecule has 3 amide bonds. The predicted octanol–water partition coefficient (Wildman–Crippen LogP) is 2.45. The van der Waals surface area contributed by atoms with Crippen LogP contribution in [0.2, 0.25) is 0 Å². The third-order valence-corrected chi connectivity index (χ3v) is 6.13. The summed E-state index contributed by atoms with van der Waals surface area (Å²) < 4.78 is 5.07. The molecule has 1 aromatic rings. The van der Waals surface area contributed by atoms with E-state index in [1.54, 1.807) is 12.1 Å². The number of benzene rings is 1. The average Bonchev–Trinajstić information content (AvgIpc) is 2.96. The summed E-state index contributed by atoms with van der Waals surface area (Å²) in [7, 11) is 0. The molecule has 0 spiro atoms. The molecule has 3 atom stereocenters. The first kappa shape index (κ1) is 20.4. The van der Waals surface area contributed by atoms with Gasteiger partial charge in [-0.3, -0.25) is 19.3 Å². The number of ether oxygens (including phenoxy) is 1. The molecular weight excluding hydrogens is 380 g/mol. The van der Waals surface area contributed by atoms with Gasteiger partial charge in [-0.25, -0.2) is 4.79 Å². The van der Waals surface area contributed by atoms with Crippen LogP contribution in [0.5, 0.6) is 0 Å². The van der Waals surface area contributed by atoms with Crippen molar-refractivity contribution in [3.63, 3.8) is 0 Å². The Morgan fingerprint density at radius 2 is 1.79 bits per heavy atom. The Labute approximate surface area is 168 Å². The fourth-order valence-electron chi connectivity index (χ4n) is 3.87. The number of likely N-dealkylation sites (tertiary alicyclic amines) is 1. The predicted molar refractivity (Wildman–Crippen MR) is 105 cm³/mol.